The van der Waals surface area contributed by atoms with E-state index in [2.05, 4.69) is 22.5 Å². The van der Waals surface area contributed by atoms with Gasteiger partial charge in [0.15, 0.2) is 0 Å². The second-order valence-corrected chi connectivity index (χ2v) is 5.81. The lowest BCUT2D eigenvalue weighted by atomic mass is 9.93. The molecule has 3 nitrogen and oxygen atoms in total. The average molecular weight is 253 g/mol. The van der Waals surface area contributed by atoms with Crippen LogP contribution in [0, 0.1) is 5.92 Å². The van der Waals surface area contributed by atoms with Crippen LogP contribution < -0.4 is 10.6 Å². The largest absolute Gasteiger partial charge is 0.317 e. The van der Waals surface area contributed by atoms with Gasteiger partial charge in [-0.3, -0.25) is 0 Å². The molecule has 1 saturated heterocycles. The first-order valence-electron chi connectivity index (χ1n) is 6.70. The molecule has 96 valence electrons. The Morgan fingerprint density at radius 3 is 3.06 bits per heavy atom. The highest BCUT2D eigenvalue weighted by atomic mass is 32.1. The second-order valence-electron chi connectivity index (χ2n) is 4.88. The van der Waals surface area contributed by atoms with Crippen molar-refractivity contribution >= 4 is 11.3 Å². The van der Waals surface area contributed by atoms with Gasteiger partial charge in [-0.25, -0.2) is 4.98 Å². The van der Waals surface area contributed by atoms with Crippen molar-refractivity contribution in [3.8, 4) is 0 Å². The molecule has 1 unspecified atom stereocenters. The molecule has 0 spiro atoms. The van der Waals surface area contributed by atoms with E-state index in [4.69, 9.17) is 0 Å². The van der Waals surface area contributed by atoms with Gasteiger partial charge in [0.2, 0.25) is 0 Å². The minimum atomic E-state index is 0.406. The van der Waals surface area contributed by atoms with Crippen LogP contribution in [0.25, 0.3) is 0 Å². The molecule has 0 aliphatic carbocycles. The molecule has 2 heterocycles. The van der Waals surface area contributed by atoms with Crippen LogP contribution in [0.5, 0.6) is 0 Å². The molecule has 1 atom stereocenters. The lowest BCUT2D eigenvalue weighted by Crippen LogP contribution is -2.28. The van der Waals surface area contributed by atoms with Crippen molar-refractivity contribution in [2.24, 2.45) is 5.92 Å². The third-order valence-electron chi connectivity index (χ3n) is 3.52. The Hall–Kier alpha value is -0.450. The fourth-order valence-corrected chi connectivity index (χ4v) is 3.09. The van der Waals surface area contributed by atoms with Crippen LogP contribution in [0.2, 0.25) is 0 Å². The van der Waals surface area contributed by atoms with E-state index < -0.39 is 0 Å². The van der Waals surface area contributed by atoms with Crippen LogP contribution in [0.4, 0.5) is 0 Å². The van der Waals surface area contributed by atoms with Gasteiger partial charge >= 0.3 is 0 Å². The highest BCUT2D eigenvalue weighted by Crippen LogP contribution is 2.18. The molecular weight excluding hydrogens is 230 g/mol. The summed E-state index contributed by atoms with van der Waals surface area (Å²) in [7, 11) is 0. The molecule has 2 rings (SSSR count). The van der Waals surface area contributed by atoms with Gasteiger partial charge in [-0.2, -0.15) is 0 Å². The maximum Gasteiger partial charge on any atom is 0.109 e. The van der Waals surface area contributed by atoms with Crippen molar-refractivity contribution in [1.82, 2.24) is 15.6 Å². The van der Waals surface area contributed by atoms with Crippen molar-refractivity contribution in [2.75, 3.05) is 19.6 Å². The van der Waals surface area contributed by atoms with Gasteiger partial charge < -0.3 is 10.6 Å². The second kappa shape index (κ2) is 7.09. The molecule has 1 aliphatic heterocycles. The molecule has 0 saturated carbocycles. The fraction of sp³-hybridized carbons (Fsp3) is 0.769. The summed E-state index contributed by atoms with van der Waals surface area (Å²) >= 11 is 1.74. The summed E-state index contributed by atoms with van der Waals surface area (Å²) in [5.41, 5.74) is 0. The zero-order valence-electron chi connectivity index (χ0n) is 10.6. The molecule has 1 aromatic heterocycles. The van der Waals surface area contributed by atoms with Gasteiger partial charge in [0.25, 0.3) is 0 Å². The summed E-state index contributed by atoms with van der Waals surface area (Å²) in [4.78, 5) is 4.33. The number of hydrogen-bond acceptors (Lipinski definition) is 4. The monoisotopic (exact) mass is 253 g/mol. The van der Waals surface area contributed by atoms with E-state index in [1.807, 2.05) is 11.6 Å². The molecule has 4 heteroatoms. The molecule has 17 heavy (non-hydrogen) atoms. The van der Waals surface area contributed by atoms with Gasteiger partial charge in [-0.1, -0.05) is 0 Å². The summed E-state index contributed by atoms with van der Waals surface area (Å²) in [6.07, 6.45) is 7.27. The Kier molecular flexibility index (Phi) is 5.42. The lowest BCUT2D eigenvalue weighted by molar-refractivity contribution is 0.342. The summed E-state index contributed by atoms with van der Waals surface area (Å²) in [5, 5.41) is 10.2. The minimum Gasteiger partial charge on any atom is -0.317 e. The highest BCUT2D eigenvalue weighted by molar-refractivity contribution is 7.09. The summed E-state index contributed by atoms with van der Waals surface area (Å²) in [6, 6.07) is 0.406. The molecule has 2 N–H and O–H groups in total. The first-order chi connectivity index (χ1) is 8.36. The Morgan fingerprint density at radius 2 is 2.35 bits per heavy atom. The number of rotatable bonds is 6. The predicted molar refractivity (Wildman–Crippen MR) is 73.4 cm³/mol. The van der Waals surface area contributed by atoms with E-state index >= 15 is 0 Å². The molecule has 1 fully saturated rings. The SMILES string of the molecule is CC(NCCCC1CCNCC1)c1nccs1. The molecule has 1 aromatic rings. The van der Waals surface area contributed by atoms with E-state index in [-0.39, 0.29) is 0 Å². The maximum absolute atomic E-state index is 4.33. The number of thiazole rings is 1. The van der Waals surface area contributed by atoms with Crippen LogP contribution in [0.3, 0.4) is 0 Å². The van der Waals surface area contributed by atoms with Crippen LogP contribution in [0.1, 0.15) is 43.7 Å². The van der Waals surface area contributed by atoms with E-state index in [1.165, 1.54) is 43.8 Å². The summed E-state index contributed by atoms with van der Waals surface area (Å²) in [6.45, 7) is 5.75. The maximum atomic E-state index is 4.33. The highest BCUT2D eigenvalue weighted by Gasteiger charge is 2.12. The molecular formula is C13H23N3S. The van der Waals surface area contributed by atoms with Crippen molar-refractivity contribution in [2.45, 2.75) is 38.6 Å². The first-order valence-corrected chi connectivity index (χ1v) is 7.57. The van der Waals surface area contributed by atoms with Gasteiger partial charge in [0.1, 0.15) is 5.01 Å². The van der Waals surface area contributed by atoms with E-state index in [9.17, 15) is 0 Å². The molecule has 1 aliphatic rings. The Balaban J connectivity index is 1.56. The van der Waals surface area contributed by atoms with Crippen LogP contribution in [-0.2, 0) is 0 Å². The molecule has 0 aromatic carbocycles. The van der Waals surface area contributed by atoms with Crippen LogP contribution in [-0.4, -0.2) is 24.6 Å². The zero-order valence-corrected chi connectivity index (χ0v) is 11.4. The number of piperidine rings is 1. The lowest BCUT2D eigenvalue weighted by Gasteiger charge is -2.22. The number of nitrogens with zero attached hydrogens (tertiary/aromatic N) is 1. The van der Waals surface area contributed by atoms with Crippen molar-refractivity contribution in [3.63, 3.8) is 0 Å². The third kappa shape index (κ3) is 4.37. The standard InChI is InChI=1S/C13H23N3S/c1-11(13-16-9-10-17-13)15-6-2-3-12-4-7-14-8-5-12/h9-12,14-15H,2-8H2,1H3. The summed E-state index contributed by atoms with van der Waals surface area (Å²) < 4.78 is 0. The van der Waals surface area contributed by atoms with Gasteiger partial charge in [-0.15, -0.1) is 11.3 Å². The number of nitrogens with one attached hydrogen (secondary N) is 2. The normalized spacial score (nSPS) is 19.4. The van der Waals surface area contributed by atoms with Crippen molar-refractivity contribution in [3.05, 3.63) is 16.6 Å². The zero-order chi connectivity index (χ0) is 11.9. The number of aromatic nitrogens is 1. The minimum absolute atomic E-state index is 0.406. The molecule has 0 radical (unpaired) electrons. The first kappa shape index (κ1) is 13.0. The fourth-order valence-electron chi connectivity index (χ4n) is 2.42. The van der Waals surface area contributed by atoms with Gasteiger partial charge in [-0.05, 0) is 58.2 Å². The Morgan fingerprint density at radius 1 is 1.53 bits per heavy atom. The third-order valence-corrected chi connectivity index (χ3v) is 4.48. The Labute approximate surface area is 108 Å². The summed E-state index contributed by atoms with van der Waals surface area (Å²) in [5.74, 6) is 0.952. The van der Waals surface area contributed by atoms with Gasteiger partial charge in [0.05, 0.1) is 6.04 Å². The Bertz CT molecular complexity index is 294. The number of hydrogen-bond donors (Lipinski definition) is 2. The quantitative estimate of drug-likeness (QED) is 0.765. The van der Waals surface area contributed by atoms with Crippen molar-refractivity contribution in [1.29, 1.82) is 0 Å². The predicted octanol–water partition coefficient (Wildman–Crippen LogP) is 2.57. The van der Waals surface area contributed by atoms with E-state index in [0.717, 1.165) is 12.5 Å². The van der Waals surface area contributed by atoms with Crippen LogP contribution in [0.15, 0.2) is 11.6 Å². The molecule has 0 amide bonds. The van der Waals surface area contributed by atoms with Crippen molar-refractivity contribution < 1.29 is 0 Å². The van der Waals surface area contributed by atoms with E-state index in [0.29, 0.717) is 6.04 Å². The van der Waals surface area contributed by atoms with E-state index in [1.54, 1.807) is 11.3 Å². The smallest absolute Gasteiger partial charge is 0.109 e. The van der Waals surface area contributed by atoms with Crippen LogP contribution >= 0.6 is 11.3 Å². The average Bonchev–Trinajstić information content (AvgIpc) is 2.89. The van der Waals surface area contributed by atoms with Gasteiger partial charge in [0, 0.05) is 11.6 Å². The topological polar surface area (TPSA) is 37.0 Å². The molecule has 0 bridgehead atoms.